The summed E-state index contributed by atoms with van der Waals surface area (Å²) >= 11 is 1.61. The van der Waals surface area contributed by atoms with Gasteiger partial charge in [-0.1, -0.05) is 13.8 Å². The van der Waals surface area contributed by atoms with Gasteiger partial charge in [0.15, 0.2) is 0 Å². The third kappa shape index (κ3) is 3.40. The van der Waals surface area contributed by atoms with Crippen LogP contribution in [0.15, 0.2) is 24.0 Å². The van der Waals surface area contributed by atoms with Gasteiger partial charge in [0, 0.05) is 12.4 Å². The Morgan fingerprint density at radius 3 is 2.71 bits per heavy atom. The SMILES string of the molecule is CCNCC.c1cc2ncsc2cn1. The Balaban J connectivity index is 0.000000171. The predicted molar refractivity (Wildman–Crippen MR) is 61.6 cm³/mol. The third-order valence-electron chi connectivity index (χ3n) is 1.63. The van der Waals surface area contributed by atoms with Crippen molar-refractivity contribution in [1.29, 1.82) is 0 Å². The summed E-state index contributed by atoms with van der Waals surface area (Å²) in [6, 6.07) is 1.91. The van der Waals surface area contributed by atoms with Gasteiger partial charge in [-0.3, -0.25) is 4.98 Å². The van der Waals surface area contributed by atoms with Crippen LogP contribution in [0.25, 0.3) is 10.2 Å². The fourth-order valence-corrected chi connectivity index (χ4v) is 1.60. The molecule has 4 heteroatoms. The quantitative estimate of drug-likeness (QED) is 0.824. The largest absolute Gasteiger partial charge is 0.317 e. The normalized spacial score (nSPS) is 9.57. The van der Waals surface area contributed by atoms with Gasteiger partial charge >= 0.3 is 0 Å². The number of hydrogen-bond acceptors (Lipinski definition) is 4. The Morgan fingerprint density at radius 2 is 2.14 bits per heavy atom. The molecule has 2 aromatic rings. The van der Waals surface area contributed by atoms with E-state index in [1.807, 2.05) is 17.8 Å². The second-order valence-corrected chi connectivity index (χ2v) is 3.54. The maximum Gasteiger partial charge on any atom is 0.0843 e. The predicted octanol–water partition coefficient (Wildman–Crippen LogP) is 2.31. The lowest BCUT2D eigenvalue weighted by Crippen LogP contribution is -2.09. The van der Waals surface area contributed by atoms with Crippen LogP contribution < -0.4 is 5.32 Å². The first-order valence-corrected chi connectivity index (χ1v) is 5.60. The summed E-state index contributed by atoms with van der Waals surface area (Å²) in [6.45, 7) is 6.39. The van der Waals surface area contributed by atoms with Crippen LogP contribution in [-0.4, -0.2) is 23.1 Å². The fraction of sp³-hybridized carbons (Fsp3) is 0.400. The van der Waals surface area contributed by atoms with Gasteiger partial charge in [-0.05, 0) is 19.2 Å². The number of nitrogens with one attached hydrogen (secondary N) is 1. The van der Waals surface area contributed by atoms with Crippen molar-refractivity contribution in [3.05, 3.63) is 24.0 Å². The Morgan fingerprint density at radius 1 is 1.36 bits per heavy atom. The molecular formula is C10H15N3S. The van der Waals surface area contributed by atoms with E-state index in [0.29, 0.717) is 0 Å². The van der Waals surface area contributed by atoms with Crippen molar-refractivity contribution in [2.24, 2.45) is 0 Å². The average Bonchev–Trinajstić information content (AvgIpc) is 2.67. The molecule has 0 amide bonds. The number of nitrogens with zero attached hydrogens (tertiary/aromatic N) is 2. The second-order valence-electron chi connectivity index (χ2n) is 2.65. The number of rotatable bonds is 2. The summed E-state index contributed by atoms with van der Waals surface area (Å²) in [5, 5.41) is 3.11. The van der Waals surface area contributed by atoms with Crippen LogP contribution in [0.4, 0.5) is 0 Å². The molecule has 1 N–H and O–H groups in total. The minimum atomic E-state index is 1.04. The van der Waals surface area contributed by atoms with Crippen molar-refractivity contribution >= 4 is 21.6 Å². The molecule has 2 heterocycles. The molecule has 0 fully saturated rings. The Bertz CT molecular complexity index is 327. The highest BCUT2D eigenvalue weighted by Crippen LogP contribution is 2.13. The van der Waals surface area contributed by atoms with Crippen molar-refractivity contribution in [2.75, 3.05) is 13.1 Å². The van der Waals surface area contributed by atoms with Crippen LogP contribution in [0.2, 0.25) is 0 Å². The highest BCUT2D eigenvalue weighted by molar-refractivity contribution is 7.16. The third-order valence-corrected chi connectivity index (χ3v) is 2.41. The van der Waals surface area contributed by atoms with Crippen LogP contribution in [-0.2, 0) is 0 Å². The van der Waals surface area contributed by atoms with Gasteiger partial charge in [0.25, 0.3) is 0 Å². The van der Waals surface area contributed by atoms with Gasteiger partial charge in [-0.15, -0.1) is 11.3 Å². The number of hydrogen-bond donors (Lipinski definition) is 1. The highest BCUT2D eigenvalue weighted by atomic mass is 32.1. The van der Waals surface area contributed by atoms with E-state index >= 15 is 0 Å². The fourth-order valence-electron chi connectivity index (χ4n) is 0.960. The van der Waals surface area contributed by atoms with Crippen molar-refractivity contribution in [2.45, 2.75) is 13.8 Å². The van der Waals surface area contributed by atoms with E-state index in [-0.39, 0.29) is 0 Å². The van der Waals surface area contributed by atoms with Gasteiger partial charge < -0.3 is 5.32 Å². The van der Waals surface area contributed by atoms with Crippen molar-refractivity contribution in [1.82, 2.24) is 15.3 Å². The summed E-state index contributed by atoms with van der Waals surface area (Å²) in [5.41, 5.74) is 2.86. The van der Waals surface area contributed by atoms with Crippen LogP contribution in [0.1, 0.15) is 13.8 Å². The first kappa shape index (κ1) is 11.1. The molecule has 0 radical (unpaired) electrons. The molecule has 0 unspecified atom stereocenters. The zero-order valence-electron chi connectivity index (χ0n) is 8.53. The van der Waals surface area contributed by atoms with Gasteiger partial charge in [0.2, 0.25) is 0 Å². The summed E-state index contributed by atoms with van der Waals surface area (Å²) in [6.07, 6.45) is 3.58. The van der Waals surface area contributed by atoms with E-state index in [1.54, 1.807) is 17.5 Å². The van der Waals surface area contributed by atoms with Crippen molar-refractivity contribution < 1.29 is 0 Å². The summed E-state index contributed by atoms with van der Waals surface area (Å²) in [4.78, 5) is 8.05. The molecule has 2 rings (SSSR count). The first-order chi connectivity index (χ1) is 6.88. The molecular weight excluding hydrogens is 194 g/mol. The molecule has 0 aliphatic carbocycles. The molecule has 0 saturated heterocycles. The molecule has 3 nitrogen and oxygen atoms in total. The molecule has 0 saturated carbocycles. The number of pyridine rings is 1. The molecule has 0 spiro atoms. The molecule has 0 aliphatic rings. The summed E-state index contributed by atoms with van der Waals surface area (Å²) in [5.74, 6) is 0. The van der Waals surface area contributed by atoms with Crippen LogP contribution in [0.3, 0.4) is 0 Å². The summed E-state index contributed by atoms with van der Waals surface area (Å²) < 4.78 is 1.15. The highest BCUT2D eigenvalue weighted by Gasteiger charge is 1.90. The molecule has 2 aromatic heterocycles. The standard InChI is InChI=1S/C6H4N2S.C4H11N/c1-2-7-3-6-5(1)8-4-9-6;1-3-5-4-2/h1-4H;5H,3-4H2,1-2H3. The van der Waals surface area contributed by atoms with E-state index in [1.165, 1.54) is 0 Å². The van der Waals surface area contributed by atoms with Crippen LogP contribution in [0, 0.1) is 0 Å². The number of aromatic nitrogens is 2. The van der Waals surface area contributed by atoms with E-state index in [0.717, 1.165) is 23.3 Å². The van der Waals surface area contributed by atoms with E-state index in [4.69, 9.17) is 0 Å². The maximum absolute atomic E-state index is 4.10. The van der Waals surface area contributed by atoms with Gasteiger partial charge in [0.05, 0.1) is 15.7 Å². The molecule has 0 aromatic carbocycles. The average molecular weight is 209 g/mol. The lowest BCUT2D eigenvalue weighted by atomic mass is 10.5. The lowest BCUT2D eigenvalue weighted by Gasteiger charge is -1.86. The number of thiazole rings is 1. The summed E-state index contributed by atoms with van der Waals surface area (Å²) in [7, 11) is 0. The van der Waals surface area contributed by atoms with Gasteiger partial charge in [-0.25, -0.2) is 4.98 Å². The second kappa shape index (κ2) is 6.45. The van der Waals surface area contributed by atoms with E-state index in [9.17, 15) is 0 Å². The Labute approximate surface area is 88.2 Å². The maximum atomic E-state index is 4.10. The topological polar surface area (TPSA) is 37.8 Å². The van der Waals surface area contributed by atoms with E-state index < -0.39 is 0 Å². The lowest BCUT2D eigenvalue weighted by molar-refractivity contribution is 0.762. The van der Waals surface area contributed by atoms with Crippen molar-refractivity contribution in [3.63, 3.8) is 0 Å². The zero-order chi connectivity index (χ0) is 10.2. The van der Waals surface area contributed by atoms with Gasteiger partial charge in [0.1, 0.15) is 0 Å². The minimum absolute atomic E-state index is 1.04. The minimum Gasteiger partial charge on any atom is -0.317 e. The smallest absolute Gasteiger partial charge is 0.0843 e. The van der Waals surface area contributed by atoms with Crippen LogP contribution in [0.5, 0.6) is 0 Å². The Kier molecular flexibility index (Phi) is 5.11. The molecule has 0 bridgehead atoms. The van der Waals surface area contributed by atoms with Crippen LogP contribution >= 0.6 is 11.3 Å². The zero-order valence-corrected chi connectivity index (χ0v) is 9.34. The Hall–Kier alpha value is -1.00. The van der Waals surface area contributed by atoms with E-state index in [2.05, 4.69) is 29.1 Å². The molecule has 0 atom stereocenters. The monoisotopic (exact) mass is 209 g/mol. The molecule has 14 heavy (non-hydrogen) atoms. The first-order valence-electron chi connectivity index (χ1n) is 4.72. The molecule has 0 aliphatic heterocycles. The van der Waals surface area contributed by atoms with Gasteiger partial charge in [-0.2, -0.15) is 0 Å². The number of fused-ring (bicyclic) bond motifs is 1. The van der Waals surface area contributed by atoms with Crippen molar-refractivity contribution in [3.8, 4) is 0 Å². The molecule has 76 valence electrons.